The minimum absolute atomic E-state index is 0.00330. The van der Waals surface area contributed by atoms with Crippen LogP contribution in [0.5, 0.6) is 11.5 Å². The monoisotopic (exact) mass is 404 g/mol. The van der Waals surface area contributed by atoms with E-state index in [-0.39, 0.29) is 22.1 Å². The Bertz CT molecular complexity index is 793. The SMILES string of the molecule is Oc1c(Cl)ccc(F)c1[C@H](c1ccc(OC(F)(F)F)cc1)N1CCNCC1. The number of hydrogen-bond donors (Lipinski definition) is 2. The number of alkyl halides is 3. The third-order valence-electron chi connectivity index (χ3n) is 4.33. The molecule has 2 N–H and O–H groups in total. The number of aromatic hydroxyl groups is 1. The maximum absolute atomic E-state index is 14.6. The lowest BCUT2D eigenvalue weighted by molar-refractivity contribution is -0.274. The molecule has 1 heterocycles. The zero-order chi connectivity index (χ0) is 19.6. The zero-order valence-electron chi connectivity index (χ0n) is 14.1. The highest BCUT2D eigenvalue weighted by molar-refractivity contribution is 6.32. The van der Waals surface area contributed by atoms with Gasteiger partial charge in [-0.2, -0.15) is 0 Å². The highest BCUT2D eigenvalue weighted by atomic mass is 35.5. The Balaban J connectivity index is 2.02. The molecule has 0 spiro atoms. The van der Waals surface area contributed by atoms with Gasteiger partial charge >= 0.3 is 6.36 Å². The Kier molecular flexibility index (Phi) is 5.78. The number of phenolic OH excluding ortho intramolecular Hbond substituents is 1. The molecule has 0 bridgehead atoms. The molecule has 4 nitrogen and oxygen atoms in total. The van der Waals surface area contributed by atoms with Crippen LogP contribution < -0.4 is 10.1 Å². The average Bonchev–Trinajstić information content (AvgIpc) is 2.62. The van der Waals surface area contributed by atoms with Crippen molar-refractivity contribution in [2.24, 2.45) is 0 Å². The van der Waals surface area contributed by atoms with Crippen molar-refractivity contribution in [1.82, 2.24) is 10.2 Å². The average molecular weight is 405 g/mol. The van der Waals surface area contributed by atoms with Gasteiger partial charge in [-0.25, -0.2) is 4.39 Å². The number of ether oxygens (including phenoxy) is 1. The zero-order valence-corrected chi connectivity index (χ0v) is 14.8. The van der Waals surface area contributed by atoms with Crippen LogP contribution in [0.4, 0.5) is 17.6 Å². The number of nitrogens with zero attached hydrogens (tertiary/aromatic N) is 1. The van der Waals surface area contributed by atoms with Gasteiger partial charge in [0.1, 0.15) is 17.3 Å². The van der Waals surface area contributed by atoms with Crippen molar-refractivity contribution in [2.45, 2.75) is 12.4 Å². The van der Waals surface area contributed by atoms with Crippen molar-refractivity contribution in [3.05, 3.63) is 58.4 Å². The third kappa shape index (κ3) is 4.63. The minimum Gasteiger partial charge on any atom is -0.506 e. The van der Waals surface area contributed by atoms with Crippen LogP contribution in [-0.2, 0) is 0 Å². The number of rotatable bonds is 4. The molecule has 0 saturated carbocycles. The number of halogens is 5. The van der Waals surface area contributed by atoms with Crippen molar-refractivity contribution >= 4 is 11.6 Å². The van der Waals surface area contributed by atoms with E-state index in [1.165, 1.54) is 18.2 Å². The molecule has 0 radical (unpaired) electrons. The molecule has 3 rings (SSSR count). The lowest BCUT2D eigenvalue weighted by atomic mass is 9.95. The van der Waals surface area contributed by atoms with Gasteiger partial charge < -0.3 is 15.2 Å². The highest BCUT2D eigenvalue weighted by Crippen LogP contribution is 2.40. The Morgan fingerprint density at radius 2 is 1.70 bits per heavy atom. The van der Waals surface area contributed by atoms with E-state index in [9.17, 15) is 22.7 Å². The summed E-state index contributed by atoms with van der Waals surface area (Å²) in [6.07, 6.45) is -4.79. The van der Waals surface area contributed by atoms with E-state index in [2.05, 4.69) is 10.1 Å². The molecule has 1 atom stereocenters. The van der Waals surface area contributed by atoms with Crippen molar-refractivity contribution < 1.29 is 27.4 Å². The summed E-state index contributed by atoms with van der Waals surface area (Å²) >= 11 is 5.96. The summed E-state index contributed by atoms with van der Waals surface area (Å²) in [5, 5.41) is 13.5. The van der Waals surface area contributed by atoms with Gasteiger partial charge in [0.05, 0.1) is 16.6 Å². The lowest BCUT2D eigenvalue weighted by Crippen LogP contribution is -2.45. The second kappa shape index (κ2) is 7.92. The van der Waals surface area contributed by atoms with Gasteiger partial charge in [-0.05, 0) is 29.8 Å². The lowest BCUT2D eigenvalue weighted by Gasteiger charge is -2.36. The molecule has 27 heavy (non-hydrogen) atoms. The Hall–Kier alpha value is -2.03. The van der Waals surface area contributed by atoms with Gasteiger partial charge in [0.2, 0.25) is 0 Å². The van der Waals surface area contributed by atoms with Crippen LogP contribution in [-0.4, -0.2) is 42.5 Å². The summed E-state index contributed by atoms with van der Waals surface area (Å²) in [7, 11) is 0. The number of benzene rings is 2. The van der Waals surface area contributed by atoms with Crippen LogP contribution in [0, 0.1) is 5.82 Å². The fraction of sp³-hybridized carbons (Fsp3) is 0.333. The predicted octanol–water partition coefficient (Wildman–Crippen LogP) is 4.08. The maximum atomic E-state index is 14.6. The van der Waals surface area contributed by atoms with E-state index >= 15 is 0 Å². The first kappa shape index (κ1) is 19.7. The smallest absolute Gasteiger partial charge is 0.506 e. The first-order chi connectivity index (χ1) is 12.8. The van der Waals surface area contributed by atoms with Crippen LogP contribution in [0.3, 0.4) is 0 Å². The maximum Gasteiger partial charge on any atom is 0.573 e. The van der Waals surface area contributed by atoms with Crippen LogP contribution in [0.1, 0.15) is 17.2 Å². The molecule has 2 aromatic rings. The van der Waals surface area contributed by atoms with E-state index in [0.717, 1.165) is 18.2 Å². The molecule has 0 aliphatic carbocycles. The summed E-state index contributed by atoms with van der Waals surface area (Å²) in [5.41, 5.74) is 0.511. The second-order valence-corrected chi connectivity index (χ2v) is 6.50. The second-order valence-electron chi connectivity index (χ2n) is 6.10. The molecule has 0 unspecified atom stereocenters. The van der Waals surface area contributed by atoms with Gasteiger partial charge in [0.25, 0.3) is 0 Å². The summed E-state index contributed by atoms with van der Waals surface area (Å²) in [6.45, 7) is 2.46. The first-order valence-electron chi connectivity index (χ1n) is 8.23. The molecule has 2 aromatic carbocycles. The Morgan fingerprint density at radius 1 is 1.07 bits per heavy atom. The van der Waals surface area contributed by atoms with Gasteiger partial charge in [-0.1, -0.05) is 23.7 Å². The van der Waals surface area contributed by atoms with Crippen LogP contribution >= 0.6 is 11.6 Å². The fourth-order valence-electron chi connectivity index (χ4n) is 3.17. The number of piperazine rings is 1. The molecule has 0 amide bonds. The third-order valence-corrected chi connectivity index (χ3v) is 4.64. The van der Waals surface area contributed by atoms with E-state index in [0.29, 0.717) is 31.7 Å². The molecule has 1 saturated heterocycles. The highest BCUT2D eigenvalue weighted by Gasteiger charge is 2.32. The van der Waals surface area contributed by atoms with Crippen LogP contribution in [0.25, 0.3) is 0 Å². The van der Waals surface area contributed by atoms with Crippen LogP contribution in [0.2, 0.25) is 5.02 Å². The number of hydrogen-bond acceptors (Lipinski definition) is 4. The molecule has 1 fully saturated rings. The normalized spacial score (nSPS) is 16.9. The van der Waals surface area contributed by atoms with E-state index in [1.54, 1.807) is 0 Å². The van der Waals surface area contributed by atoms with E-state index < -0.39 is 18.2 Å². The number of nitrogens with one attached hydrogen (secondary N) is 1. The molecule has 146 valence electrons. The summed E-state index contributed by atoms with van der Waals surface area (Å²) in [5.74, 6) is -1.40. The molecule has 1 aliphatic heterocycles. The quantitative estimate of drug-likeness (QED) is 0.754. The first-order valence-corrected chi connectivity index (χ1v) is 8.61. The fourth-order valence-corrected chi connectivity index (χ4v) is 3.33. The van der Waals surface area contributed by atoms with Gasteiger partial charge in [-0.3, -0.25) is 4.90 Å². The summed E-state index contributed by atoms with van der Waals surface area (Å²) in [6, 6.07) is 6.89. The van der Waals surface area contributed by atoms with Crippen molar-refractivity contribution in [2.75, 3.05) is 26.2 Å². The van der Waals surface area contributed by atoms with Crippen molar-refractivity contribution in [1.29, 1.82) is 0 Å². The standard InChI is InChI=1S/C18H17ClF4N2O2/c19-13-5-6-14(20)15(17(13)26)16(25-9-7-24-8-10-25)11-1-3-12(4-2-11)27-18(21,22)23/h1-6,16,24,26H,7-10H2/t16-/m0/s1. The van der Waals surface area contributed by atoms with E-state index in [1.807, 2.05) is 4.90 Å². The van der Waals surface area contributed by atoms with Gasteiger partial charge in [-0.15, -0.1) is 13.2 Å². The minimum atomic E-state index is -4.79. The predicted molar refractivity (Wildman–Crippen MR) is 92.5 cm³/mol. The molecular formula is C18H17ClF4N2O2. The topological polar surface area (TPSA) is 44.7 Å². The Labute approximate surface area is 158 Å². The Morgan fingerprint density at radius 3 is 2.30 bits per heavy atom. The van der Waals surface area contributed by atoms with Gasteiger partial charge in [0, 0.05) is 26.2 Å². The summed E-state index contributed by atoms with van der Waals surface area (Å²) < 4.78 is 55.6. The van der Waals surface area contributed by atoms with Crippen molar-refractivity contribution in [3.63, 3.8) is 0 Å². The summed E-state index contributed by atoms with van der Waals surface area (Å²) in [4.78, 5) is 1.94. The number of phenols is 1. The van der Waals surface area contributed by atoms with Crippen molar-refractivity contribution in [3.8, 4) is 11.5 Å². The largest absolute Gasteiger partial charge is 0.573 e. The van der Waals surface area contributed by atoms with E-state index in [4.69, 9.17) is 11.6 Å². The molecule has 9 heteroatoms. The molecular weight excluding hydrogens is 388 g/mol. The molecule has 0 aromatic heterocycles. The molecule has 1 aliphatic rings. The van der Waals surface area contributed by atoms with Crippen LogP contribution in [0.15, 0.2) is 36.4 Å². The van der Waals surface area contributed by atoms with Gasteiger partial charge in [0.15, 0.2) is 0 Å².